The molecule has 0 unspecified atom stereocenters. The van der Waals surface area contributed by atoms with Crippen molar-refractivity contribution in [1.82, 2.24) is 10.2 Å². The van der Waals surface area contributed by atoms with Crippen LogP contribution >= 0.6 is 24.8 Å². The standard InChI is InChI=1S/C18H26FN3O4.2ClH/c1-12(24)20-10-15-17(18(25)16(11-23)26-15)22-8-6-21(7-9-22)14-4-2-13(19)3-5-14;;/h2-5,15-18,23,25H,6-11H2,1H3,(H,20,24);2*1H/t15-,16+,17+,18-;;/m1../s1. The van der Waals surface area contributed by atoms with Gasteiger partial charge in [0.25, 0.3) is 0 Å². The normalized spacial score (nSPS) is 27.6. The van der Waals surface area contributed by atoms with E-state index in [0.29, 0.717) is 19.6 Å². The van der Waals surface area contributed by atoms with E-state index < -0.39 is 12.2 Å². The molecular formula is C18H28Cl2FN3O4. The number of benzene rings is 1. The van der Waals surface area contributed by atoms with E-state index >= 15 is 0 Å². The van der Waals surface area contributed by atoms with Crippen molar-refractivity contribution in [3.63, 3.8) is 0 Å². The number of anilines is 1. The maximum absolute atomic E-state index is 13.1. The number of hydrogen-bond donors (Lipinski definition) is 3. The molecule has 4 atom stereocenters. The van der Waals surface area contributed by atoms with Crippen LogP contribution in [0.2, 0.25) is 0 Å². The van der Waals surface area contributed by atoms with Gasteiger partial charge in [0.2, 0.25) is 5.91 Å². The van der Waals surface area contributed by atoms with E-state index in [4.69, 9.17) is 4.74 Å². The minimum atomic E-state index is -0.809. The minimum Gasteiger partial charge on any atom is -0.394 e. The van der Waals surface area contributed by atoms with Crippen LogP contribution in [0.1, 0.15) is 6.92 Å². The number of piperazine rings is 1. The molecule has 2 aliphatic heterocycles. The molecule has 3 N–H and O–H groups in total. The molecular weight excluding hydrogens is 412 g/mol. The predicted octanol–water partition coefficient (Wildman–Crippen LogP) is 0.417. The lowest BCUT2D eigenvalue weighted by atomic mass is 10.0. The molecule has 0 bridgehead atoms. The van der Waals surface area contributed by atoms with Gasteiger partial charge in [-0.25, -0.2) is 4.39 Å². The molecule has 1 aromatic rings. The summed E-state index contributed by atoms with van der Waals surface area (Å²) in [5.41, 5.74) is 0.970. The van der Waals surface area contributed by atoms with Gasteiger partial charge in [-0.3, -0.25) is 9.69 Å². The maximum atomic E-state index is 13.1. The Kier molecular flexibility index (Phi) is 9.89. The Morgan fingerprint density at radius 2 is 1.79 bits per heavy atom. The lowest BCUT2D eigenvalue weighted by Gasteiger charge is -2.41. The van der Waals surface area contributed by atoms with Gasteiger partial charge in [0, 0.05) is 45.3 Å². The van der Waals surface area contributed by atoms with Gasteiger partial charge in [-0.2, -0.15) is 0 Å². The molecule has 2 fully saturated rings. The molecule has 7 nitrogen and oxygen atoms in total. The fourth-order valence-corrected chi connectivity index (χ4v) is 3.77. The summed E-state index contributed by atoms with van der Waals surface area (Å²) in [6, 6.07) is 6.14. The Labute approximate surface area is 176 Å². The highest BCUT2D eigenvalue weighted by molar-refractivity contribution is 5.85. The number of nitrogens with one attached hydrogen (secondary N) is 1. The van der Waals surface area contributed by atoms with E-state index in [1.165, 1.54) is 19.1 Å². The molecule has 160 valence electrons. The van der Waals surface area contributed by atoms with Crippen LogP contribution in [0, 0.1) is 5.82 Å². The van der Waals surface area contributed by atoms with E-state index in [9.17, 15) is 19.4 Å². The van der Waals surface area contributed by atoms with Gasteiger partial charge in [-0.15, -0.1) is 24.8 Å². The Hall–Kier alpha value is -1.16. The van der Waals surface area contributed by atoms with E-state index in [2.05, 4.69) is 15.1 Å². The number of amides is 1. The Morgan fingerprint density at radius 1 is 1.18 bits per heavy atom. The second kappa shape index (κ2) is 11.1. The second-order valence-electron chi connectivity index (χ2n) is 6.81. The molecule has 3 rings (SSSR count). The number of hydrogen-bond acceptors (Lipinski definition) is 6. The second-order valence-corrected chi connectivity index (χ2v) is 6.81. The van der Waals surface area contributed by atoms with Crippen LogP contribution in [0.5, 0.6) is 0 Å². The first-order valence-electron chi connectivity index (χ1n) is 8.93. The average molecular weight is 440 g/mol. The van der Waals surface area contributed by atoms with Gasteiger partial charge in [0.1, 0.15) is 18.0 Å². The fraction of sp³-hybridized carbons (Fsp3) is 0.611. The number of ether oxygens (including phenoxy) is 1. The molecule has 0 saturated carbocycles. The molecule has 1 amide bonds. The summed E-state index contributed by atoms with van der Waals surface area (Å²) >= 11 is 0. The van der Waals surface area contributed by atoms with Gasteiger partial charge in [-0.1, -0.05) is 0 Å². The average Bonchev–Trinajstić information content (AvgIpc) is 2.96. The van der Waals surface area contributed by atoms with Crippen molar-refractivity contribution in [2.75, 3.05) is 44.2 Å². The number of carbonyl (C=O) groups excluding carboxylic acids is 1. The number of aliphatic hydroxyl groups excluding tert-OH is 2. The number of rotatable bonds is 5. The van der Waals surface area contributed by atoms with E-state index in [-0.39, 0.29) is 55.3 Å². The van der Waals surface area contributed by atoms with Crippen molar-refractivity contribution in [2.45, 2.75) is 31.3 Å². The van der Waals surface area contributed by atoms with Crippen molar-refractivity contribution in [1.29, 1.82) is 0 Å². The maximum Gasteiger partial charge on any atom is 0.216 e. The van der Waals surface area contributed by atoms with Crippen LogP contribution in [-0.4, -0.2) is 84.7 Å². The summed E-state index contributed by atoms with van der Waals surface area (Å²) in [4.78, 5) is 15.5. The minimum absolute atomic E-state index is 0. The molecule has 2 aliphatic rings. The molecule has 0 spiro atoms. The van der Waals surface area contributed by atoms with E-state index in [0.717, 1.165) is 18.8 Å². The highest BCUT2D eigenvalue weighted by atomic mass is 35.5. The van der Waals surface area contributed by atoms with E-state index in [1.54, 1.807) is 12.1 Å². The lowest BCUT2D eigenvalue weighted by molar-refractivity contribution is -0.119. The third-order valence-corrected chi connectivity index (χ3v) is 5.12. The van der Waals surface area contributed by atoms with Crippen LogP contribution < -0.4 is 10.2 Å². The monoisotopic (exact) mass is 439 g/mol. The summed E-state index contributed by atoms with van der Waals surface area (Å²) in [6.07, 6.45) is -1.83. The highest BCUT2D eigenvalue weighted by Gasteiger charge is 2.46. The number of carbonyl (C=O) groups is 1. The van der Waals surface area contributed by atoms with Gasteiger partial charge in [0.05, 0.1) is 18.8 Å². The predicted molar refractivity (Wildman–Crippen MR) is 109 cm³/mol. The number of aliphatic hydroxyl groups is 2. The topological polar surface area (TPSA) is 85.3 Å². The summed E-state index contributed by atoms with van der Waals surface area (Å²) < 4.78 is 18.8. The van der Waals surface area contributed by atoms with Crippen molar-refractivity contribution < 1.29 is 24.1 Å². The lowest BCUT2D eigenvalue weighted by Crippen LogP contribution is -2.57. The Morgan fingerprint density at radius 3 is 2.32 bits per heavy atom. The molecule has 28 heavy (non-hydrogen) atoms. The van der Waals surface area contributed by atoms with Gasteiger partial charge in [0.15, 0.2) is 0 Å². The first-order chi connectivity index (χ1) is 12.5. The van der Waals surface area contributed by atoms with Crippen molar-refractivity contribution in [3.8, 4) is 0 Å². The fourth-order valence-electron chi connectivity index (χ4n) is 3.77. The molecule has 10 heteroatoms. The SMILES string of the molecule is CC(=O)NC[C@H]1O[C@@H](CO)[C@@H](O)[C@H]1N1CCN(c2ccc(F)cc2)CC1.Cl.Cl. The third-order valence-electron chi connectivity index (χ3n) is 5.12. The molecule has 2 saturated heterocycles. The van der Waals surface area contributed by atoms with E-state index in [1.807, 2.05) is 0 Å². The molecule has 1 aromatic carbocycles. The largest absolute Gasteiger partial charge is 0.394 e. The zero-order valence-electron chi connectivity index (χ0n) is 15.7. The molecule has 2 heterocycles. The molecule has 0 aliphatic carbocycles. The van der Waals surface area contributed by atoms with Crippen molar-refractivity contribution in [2.24, 2.45) is 0 Å². The van der Waals surface area contributed by atoms with Crippen LogP contribution in [0.15, 0.2) is 24.3 Å². The van der Waals surface area contributed by atoms with Crippen LogP contribution in [0.25, 0.3) is 0 Å². The zero-order chi connectivity index (χ0) is 18.7. The summed E-state index contributed by atoms with van der Waals surface area (Å²) in [5.74, 6) is -0.412. The zero-order valence-corrected chi connectivity index (χ0v) is 17.3. The molecule has 0 radical (unpaired) electrons. The number of halogens is 3. The third kappa shape index (κ3) is 5.68. The Balaban J connectivity index is 0.00000196. The van der Waals surface area contributed by atoms with Crippen LogP contribution in [0.3, 0.4) is 0 Å². The molecule has 0 aromatic heterocycles. The summed E-state index contributed by atoms with van der Waals surface area (Å²) in [7, 11) is 0. The van der Waals surface area contributed by atoms with Gasteiger partial charge >= 0.3 is 0 Å². The Bertz CT molecular complexity index is 617. The van der Waals surface area contributed by atoms with Crippen molar-refractivity contribution >= 4 is 36.4 Å². The van der Waals surface area contributed by atoms with Crippen molar-refractivity contribution in [3.05, 3.63) is 30.1 Å². The summed E-state index contributed by atoms with van der Waals surface area (Å²) in [5, 5.41) is 22.7. The highest BCUT2D eigenvalue weighted by Crippen LogP contribution is 2.27. The van der Waals surface area contributed by atoms with Gasteiger partial charge in [-0.05, 0) is 24.3 Å². The quantitative estimate of drug-likeness (QED) is 0.616. The first-order valence-corrected chi connectivity index (χ1v) is 8.93. The van der Waals surface area contributed by atoms with Gasteiger partial charge < -0.3 is 25.2 Å². The van der Waals surface area contributed by atoms with Crippen LogP contribution in [0.4, 0.5) is 10.1 Å². The van der Waals surface area contributed by atoms with Crippen LogP contribution in [-0.2, 0) is 9.53 Å². The first kappa shape index (κ1) is 24.9. The summed E-state index contributed by atoms with van der Waals surface area (Å²) in [6.45, 7) is 4.37. The smallest absolute Gasteiger partial charge is 0.216 e. The number of nitrogens with zero attached hydrogens (tertiary/aromatic N) is 2.